The van der Waals surface area contributed by atoms with Crippen molar-refractivity contribution in [3.63, 3.8) is 0 Å². The lowest BCUT2D eigenvalue weighted by molar-refractivity contribution is 0.415. The maximum Gasteiger partial charge on any atom is 0.118 e. The van der Waals surface area contributed by atoms with Gasteiger partial charge < -0.3 is 9.47 Å². The maximum atomic E-state index is 5.46. The van der Waals surface area contributed by atoms with Gasteiger partial charge in [-0.05, 0) is 115 Å². The average Bonchev–Trinajstić information content (AvgIpc) is 3.10. The summed E-state index contributed by atoms with van der Waals surface area (Å²) in [5.41, 5.74) is 8.65. The molecule has 0 aliphatic heterocycles. The largest absolute Gasteiger partial charge is 0.497 e. The van der Waals surface area contributed by atoms with Gasteiger partial charge in [0.05, 0.1) is 25.6 Å². The van der Waals surface area contributed by atoms with Crippen LogP contribution in [0.1, 0.15) is 0 Å². The molecule has 4 nitrogen and oxygen atoms in total. The summed E-state index contributed by atoms with van der Waals surface area (Å²) in [7, 11) is 3.39. The first-order valence-electron chi connectivity index (χ1n) is 14.6. The third kappa shape index (κ3) is 4.15. The van der Waals surface area contributed by atoms with Crippen molar-refractivity contribution < 1.29 is 9.47 Å². The van der Waals surface area contributed by atoms with Crippen molar-refractivity contribution in [1.82, 2.24) is 9.97 Å². The Hall–Kier alpha value is -5.74. The minimum atomic E-state index is 0.834. The number of ether oxygens (including phenoxy) is 2. The first-order chi connectivity index (χ1) is 21.7. The predicted octanol–water partition coefficient (Wildman–Crippen LogP) is 10.1. The van der Waals surface area contributed by atoms with E-state index < -0.39 is 0 Å². The van der Waals surface area contributed by atoms with Gasteiger partial charge in [-0.2, -0.15) is 0 Å². The molecule has 0 aliphatic rings. The number of hydrogen-bond acceptors (Lipinski definition) is 4. The van der Waals surface area contributed by atoms with Crippen LogP contribution in [0.25, 0.3) is 77.1 Å². The lowest BCUT2D eigenvalue weighted by Crippen LogP contribution is -1.96. The number of benzene rings is 6. The highest BCUT2D eigenvalue weighted by Crippen LogP contribution is 2.48. The van der Waals surface area contributed by atoms with Crippen molar-refractivity contribution in [2.24, 2.45) is 0 Å². The maximum absolute atomic E-state index is 5.46. The fourth-order valence-corrected chi connectivity index (χ4v) is 6.52. The summed E-state index contributed by atoms with van der Waals surface area (Å²) in [4.78, 5) is 9.68. The van der Waals surface area contributed by atoms with E-state index in [0.29, 0.717) is 0 Å². The number of methoxy groups -OCH3 is 2. The summed E-state index contributed by atoms with van der Waals surface area (Å²) in [6.07, 6.45) is 3.73. The van der Waals surface area contributed by atoms with E-state index in [0.717, 1.165) is 56.3 Å². The summed E-state index contributed by atoms with van der Waals surface area (Å²) < 4.78 is 10.9. The monoisotopic (exact) mass is 568 g/mol. The van der Waals surface area contributed by atoms with Gasteiger partial charge in [0.25, 0.3) is 0 Å². The van der Waals surface area contributed by atoms with E-state index in [1.807, 2.05) is 48.8 Å². The summed E-state index contributed by atoms with van der Waals surface area (Å²) in [5, 5.41) is 7.19. The molecule has 0 atom stereocenters. The Bertz CT molecular complexity index is 2100. The topological polar surface area (TPSA) is 44.2 Å². The molecule has 4 heteroatoms. The van der Waals surface area contributed by atoms with Crippen LogP contribution < -0.4 is 9.47 Å². The van der Waals surface area contributed by atoms with Gasteiger partial charge in [-0.25, -0.2) is 0 Å². The summed E-state index contributed by atoms with van der Waals surface area (Å²) in [5.74, 6) is 1.67. The molecule has 44 heavy (non-hydrogen) atoms. The minimum absolute atomic E-state index is 0.834. The standard InChI is InChI=1S/C40H28N2O2/c1-43-29-15-9-25(10-16-29)33-23-27-13-20-32-38-28(14-19-31(37(27)38)39(33)35-7-3-5-21-41-35)24-34(26-11-17-30(44-2)18-12-26)40(32)36-8-4-6-22-42-36/h3-24H,1-2H3. The molecule has 0 bridgehead atoms. The van der Waals surface area contributed by atoms with Gasteiger partial charge in [-0.3, -0.25) is 9.97 Å². The van der Waals surface area contributed by atoms with E-state index in [1.54, 1.807) is 14.2 Å². The Morgan fingerprint density at radius 3 is 1.25 bits per heavy atom. The SMILES string of the molecule is COc1ccc(-c2cc3ccc4c(-c5ccccn5)c(-c5ccc(OC)cc5)cc5ccc(c2-c2ccccn2)c3c54)cc1. The van der Waals surface area contributed by atoms with Crippen molar-refractivity contribution >= 4 is 32.3 Å². The molecule has 8 rings (SSSR count). The summed E-state index contributed by atoms with van der Waals surface area (Å²) >= 11 is 0. The molecule has 0 N–H and O–H groups in total. The molecular weight excluding hydrogens is 540 g/mol. The third-order valence-electron chi connectivity index (χ3n) is 8.55. The molecule has 0 fully saturated rings. The molecule has 0 radical (unpaired) electrons. The van der Waals surface area contributed by atoms with Crippen molar-refractivity contribution in [3.05, 3.63) is 134 Å². The van der Waals surface area contributed by atoms with Gasteiger partial charge in [0, 0.05) is 23.5 Å². The molecule has 0 spiro atoms. The molecule has 0 amide bonds. The highest BCUT2D eigenvalue weighted by Gasteiger charge is 2.22. The Morgan fingerprint density at radius 1 is 0.455 bits per heavy atom. The number of pyridine rings is 2. The Kier molecular flexibility index (Phi) is 6.20. The fourth-order valence-electron chi connectivity index (χ4n) is 6.52. The molecule has 2 heterocycles. The number of aromatic nitrogens is 2. The van der Waals surface area contributed by atoms with Crippen LogP contribution in [0.2, 0.25) is 0 Å². The summed E-state index contributed by atoms with van der Waals surface area (Å²) in [6.45, 7) is 0. The molecule has 210 valence electrons. The van der Waals surface area contributed by atoms with Crippen LogP contribution in [0, 0.1) is 0 Å². The van der Waals surface area contributed by atoms with Gasteiger partial charge in [-0.1, -0.05) is 60.7 Å². The van der Waals surface area contributed by atoms with Gasteiger partial charge in [-0.15, -0.1) is 0 Å². The lowest BCUT2D eigenvalue weighted by atomic mass is 9.83. The Morgan fingerprint density at radius 2 is 0.886 bits per heavy atom. The highest BCUT2D eigenvalue weighted by atomic mass is 16.5. The molecule has 0 saturated heterocycles. The van der Waals surface area contributed by atoms with Gasteiger partial charge in [0.1, 0.15) is 11.5 Å². The molecule has 0 saturated carbocycles. The first-order valence-corrected chi connectivity index (χ1v) is 14.6. The molecule has 2 aromatic heterocycles. The number of rotatable bonds is 6. The Balaban J connectivity index is 1.49. The van der Waals surface area contributed by atoms with Crippen molar-refractivity contribution in [2.75, 3.05) is 14.2 Å². The van der Waals surface area contributed by atoms with E-state index in [4.69, 9.17) is 19.4 Å². The van der Waals surface area contributed by atoms with Gasteiger partial charge in [0.2, 0.25) is 0 Å². The van der Waals surface area contributed by atoms with Crippen molar-refractivity contribution in [3.8, 4) is 56.3 Å². The highest BCUT2D eigenvalue weighted by molar-refractivity contribution is 6.30. The van der Waals surface area contributed by atoms with E-state index in [1.165, 1.54) is 32.3 Å². The van der Waals surface area contributed by atoms with E-state index in [2.05, 4.69) is 84.9 Å². The van der Waals surface area contributed by atoms with E-state index >= 15 is 0 Å². The fraction of sp³-hybridized carbons (Fsp3) is 0.0500. The molecular formula is C40H28N2O2. The zero-order valence-electron chi connectivity index (χ0n) is 24.4. The normalized spacial score (nSPS) is 11.4. The summed E-state index contributed by atoms with van der Waals surface area (Å²) in [6, 6.07) is 42.4. The lowest BCUT2D eigenvalue weighted by Gasteiger charge is -2.21. The van der Waals surface area contributed by atoms with Crippen LogP contribution in [0.5, 0.6) is 11.5 Å². The second-order valence-electron chi connectivity index (χ2n) is 10.9. The molecule has 6 aromatic carbocycles. The van der Waals surface area contributed by atoms with Crippen LogP contribution in [0.15, 0.2) is 134 Å². The van der Waals surface area contributed by atoms with Crippen LogP contribution in [0.4, 0.5) is 0 Å². The smallest absolute Gasteiger partial charge is 0.118 e. The second-order valence-corrected chi connectivity index (χ2v) is 10.9. The minimum Gasteiger partial charge on any atom is -0.497 e. The van der Waals surface area contributed by atoms with E-state index in [9.17, 15) is 0 Å². The van der Waals surface area contributed by atoms with Crippen molar-refractivity contribution in [2.45, 2.75) is 0 Å². The quantitative estimate of drug-likeness (QED) is 0.187. The predicted molar refractivity (Wildman–Crippen MR) is 181 cm³/mol. The van der Waals surface area contributed by atoms with Crippen LogP contribution in [-0.2, 0) is 0 Å². The third-order valence-corrected chi connectivity index (χ3v) is 8.55. The van der Waals surface area contributed by atoms with Gasteiger partial charge in [0.15, 0.2) is 0 Å². The molecule has 0 unspecified atom stereocenters. The van der Waals surface area contributed by atoms with Crippen LogP contribution in [0.3, 0.4) is 0 Å². The van der Waals surface area contributed by atoms with Crippen LogP contribution >= 0.6 is 0 Å². The number of hydrogen-bond donors (Lipinski definition) is 0. The zero-order chi connectivity index (χ0) is 29.6. The average molecular weight is 569 g/mol. The Labute approximate surface area is 255 Å². The van der Waals surface area contributed by atoms with Gasteiger partial charge >= 0.3 is 0 Å². The first kappa shape index (κ1) is 25.9. The molecule has 0 aliphatic carbocycles. The zero-order valence-corrected chi connectivity index (χ0v) is 24.4. The number of nitrogens with zero attached hydrogens (tertiary/aromatic N) is 2. The van der Waals surface area contributed by atoms with E-state index in [-0.39, 0.29) is 0 Å². The van der Waals surface area contributed by atoms with Crippen molar-refractivity contribution in [1.29, 1.82) is 0 Å². The second kappa shape index (κ2) is 10.5. The molecule has 8 aromatic rings. The van der Waals surface area contributed by atoms with Crippen LogP contribution in [-0.4, -0.2) is 24.2 Å².